The van der Waals surface area contributed by atoms with Crippen LogP contribution in [0, 0.1) is 5.82 Å². The fraction of sp³-hybridized carbons (Fsp3) is 0.333. The number of fused-ring (bicyclic) bond motifs is 1. The predicted octanol–water partition coefficient (Wildman–Crippen LogP) is 3.74. The van der Waals surface area contributed by atoms with E-state index in [1.165, 1.54) is 42.3 Å². The van der Waals surface area contributed by atoms with Crippen LogP contribution < -0.4 is 23.8 Å². The number of halogens is 1. The standard InChI is InChI=1S/C30H34FN3O7S/c1-20(2)32-30(36)21(3)33(18-22-6-5-7-25(16-22)39-4)29(35)19-34(24-10-8-23(31)9-11-24)42(37,38)26-12-13-27-28(17-26)41-15-14-40-27/h5-13,16-17,20-21H,14-15,18-19H2,1-4H3,(H,32,36)/t21-/m1/s1. The van der Waals surface area contributed by atoms with Crippen LogP contribution in [0.25, 0.3) is 0 Å². The van der Waals surface area contributed by atoms with Crippen molar-refractivity contribution in [3.8, 4) is 17.2 Å². The molecule has 0 saturated heterocycles. The topological polar surface area (TPSA) is 114 Å². The first-order chi connectivity index (χ1) is 20.0. The smallest absolute Gasteiger partial charge is 0.264 e. The van der Waals surface area contributed by atoms with Gasteiger partial charge >= 0.3 is 0 Å². The van der Waals surface area contributed by atoms with Gasteiger partial charge in [-0.2, -0.15) is 0 Å². The summed E-state index contributed by atoms with van der Waals surface area (Å²) in [6, 6.07) is 14.8. The van der Waals surface area contributed by atoms with Crippen LogP contribution in [-0.4, -0.2) is 64.1 Å². The first-order valence-electron chi connectivity index (χ1n) is 13.4. The molecule has 1 N–H and O–H groups in total. The number of carbonyl (C=O) groups excluding carboxylic acids is 2. The minimum atomic E-state index is -4.37. The van der Waals surface area contributed by atoms with Crippen molar-refractivity contribution in [3.05, 3.63) is 78.1 Å². The summed E-state index contributed by atoms with van der Waals surface area (Å²) in [4.78, 5) is 28.2. The second-order valence-corrected chi connectivity index (χ2v) is 11.9. The highest BCUT2D eigenvalue weighted by atomic mass is 32.2. The number of sulfonamides is 1. The number of benzene rings is 3. The van der Waals surface area contributed by atoms with Gasteiger partial charge in [-0.3, -0.25) is 13.9 Å². The molecule has 0 aliphatic carbocycles. The van der Waals surface area contributed by atoms with Crippen LogP contribution in [0.3, 0.4) is 0 Å². The second-order valence-electron chi connectivity index (χ2n) is 10.0. The van der Waals surface area contributed by atoms with Gasteiger partial charge in [0, 0.05) is 18.7 Å². The minimum absolute atomic E-state index is 0.00401. The number of hydrogen-bond acceptors (Lipinski definition) is 7. The summed E-state index contributed by atoms with van der Waals surface area (Å²) < 4.78 is 59.1. The Balaban J connectivity index is 1.72. The monoisotopic (exact) mass is 599 g/mol. The second kappa shape index (κ2) is 13.1. The molecule has 0 fully saturated rings. The summed E-state index contributed by atoms with van der Waals surface area (Å²) in [5.41, 5.74) is 0.746. The van der Waals surface area contributed by atoms with Gasteiger partial charge in [0.15, 0.2) is 11.5 Å². The number of ether oxygens (including phenoxy) is 3. The lowest BCUT2D eigenvalue weighted by atomic mass is 10.1. The highest BCUT2D eigenvalue weighted by Crippen LogP contribution is 2.34. The van der Waals surface area contributed by atoms with E-state index in [4.69, 9.17) is 14.2 Å². The fourth-order valence-corrected chi connectivity index (χ4v) is 5.83. The number of methoxy groups -OCH3 is 1. The van der Waals surface area contributed by atoms with Crippen LogP contribution in [0.5, 0.6) is 17.2 Å². The van der Waals surface area contributed by atoms with Crippen molar-refractivity contribution in [3.63, 3.8) is 0 Å². The van der Waals surface area contributed by atoms with Crippen LogP contribution in [-0.2, 0) is 26.2 Å². The van der Waals surface area contributed by atoms with Gasteiger partial charge in [-0.15, -0.1) is 0 Å². The summed E-state index contributed by atoms with van der Waals surface area (Å²) in [5.74, 6) is -0.391. The SMILES string of the molecule is COc1cccc(CN(C(=O)CN(c2ccc(F)cc2)S(=O)(=O)c2ccc3c(c2)OCCO3)[C@H](C)C(=O)NC(C)C)c1. The third kappa shape index (κ3) is 7.11. The quantitative estimate of drug-likeness (QED) is 0.357. The number of nitrogens with zero attached hydrogens (tertiary/aromatic N) is 2. The molecule has 1 aliphatic rings. The molecule has 224 valence electrons. The zero-order chi connectivity index (χ0) is 30.4. The molecule has 1 atom stereocenters. The molecule has 3 aromatic rings. The van der Waals surface area contributed by atoms with Gasteiger partial charge in [-0.25, -0.2) is 12.8 Å². The van der Waals surface area contributed by atoms with Gasteiger partial charge in [0.25, 0.3) is 10.0 Å². The number of rotatable bonds is 11. The molecule has 10 nitrogen and oxygen atoms in total. The van der Waals surface area contributed by atoms with E-state index in [1.54, 1.807) is 45.0 Å². The van der Waals surface area contributed by atoms with Crippen molar-refractivity contribution in [2.24, 2.45) is 0 Å². The first kappa shape index (κ1) is 30.6. The Bertz CT molecular complexity index is 1530. The largest absolute Gasteiger partial charge is 0.497 e. The van der Waals surface area contributed by atoms with Crippen molar-refractivity contribution in [1.82, 2.24) is 10.2 Å². The summed E-state index contributed by atoms with van der Waals surface area (Å²) in [6.45, 7) is 5.11. The molecule has 0 spiro atoms. The summed E-state index contributed by atoms with van der Waals surface area (Å²) >= 11 is 0. The van der Waals surface area contributed by atoms with Crippen molar-refractivity contribution >= 4 is 27.5 Å². The van der Waals surface area contributed by atoms with Gasteiger partial charge in [-0.1, -0.05) is 12.1 Å². The molecule has 3 aromatic carbocycles. The fourth-order valence-electron chi connectivity index (χ4n) is 4.40. The molecule has 1 heterocycles. The van der Waals surface area contributed by atoms with Crippen LogP contribution in [0.2, 0.25) is 0 Å². The summed E-state index contributed by atoms with van der Waals surface area (Å²) in [5, 5.41) is 2.81. The molecule has 0 bridgehead atoms. The Morgan fingerprint density at radius 1 is 0.976 bits per heavy atom. The van der Waals surface area contributed by atoms with Gasteiger partial charge in [-0.05, 0) is 74.9 Å². The normalized spacial score (nSPS) is 13.3. The highest BCUT2D eigenvalue weighted by Gasteiger charge is 2.33. The van der Waals surface area contributed by atoms with Crippen LogP contribution >= 0.6 is 0 Å². The highest BCUT2D eigenvalue weighted by molar-refractivity contribution is 7.92. The van der Waals surface area contributed by atoms with Crippen molar-refractivity contribution < 1.29 is 36.6 Å². The molecule has 0 saturated carbocycles. The molecular weight excluding hydrogens is 565 g/mol. The van der Waals surface area contributed by atoms with E-state index in [9.17, 15) is 22.4 Å². The zero-order valence-electron chi connectivity index (χ0n) is 23.9. The molecule has 0 unspecified atom stereocenters. The van der Waals surface area contributed by atoms with E-state index in [1.807, 2.05) is 0 Å². The minimum Gasteiger partial charge on any atom is -0.497 e. The van der Waals surface area contributed by atoms with Gasteiger partial charge in [0.05, 0.1) is 17.7 Å². The summed E-state index contributed by atoms with van der Waals surface area (Å²) in [6.07, 6.45) is 0. The number of hydrogen-bond donors (Lipinski definition) is 1. The number of carbonyl (C=O) groups is 2. The van der Waals surface area contributed by atoms with Crippen LogP contribution in [0.4, 0.5) is 10.1 Å². The zero-order valence-corrected chi connectivity index (χ0v) is 24.7. The van der Waals surface area contributed by atoms with E-state index in [2.05, 4.69) is 5.32 Å². The van der Waals surface area contributed by atoms with Crippen molar-refractivity contribution in [1.29, 1.82) is 0 Å². The Morgan fingerprint density at radius 3 is 2.33 bits per heavy atom. The lowest BCUT2D eigenvalue weighted by Gasteiger charge is -2.32. The molecule has 0 radical (unpaired) electrons. The molecule has 42 heavy (non-hydrogen) atoms. The average Bonchev–Trinajstić information content (AvgIpc) is 2.98. The molecule has 0 aromatic heterocycles. The first-order valence-corrected chi connectivity index (χ1v) is 14.8. The van der Waals surface area contributed by atoms with E-state index < -0.39 is 40.2 Å². The lowest BCUT2D eigenvalue weighted by molar-refractivity contribution is -0.139. The molecule has 4 rings (SSSR count). The molecule has 12 heteroatoms. The third-order valence-electron chi connectivity index (χ3n) is 6.58. The Morgan fingerprint density at radius 2 is 1.67 bits per heavy atom. The third-order valence-corrected chi connectivity index (χ3v) is 8.35. The van der Waals surface area contributed by atoms with E-state index in [0.717, 1.165) is 16.4 Å². The predicted molar refractivity (Wildman–Crippen MR) is 155 cm³/mol. The van der Waals surface area contributed by atoms with Gasteiger partial charge in [0.1, 0.15) is 37.4 Å². The maximum Gasteiger partial charge on any atom is 0.264 e. The lowest BCUT2D eigenvalue weighted by Crippen LogP contribution is -2.52. The van der Waals surface area contributed by atoms with Crippen molar-refractivity contribution in [2.75, 3.05) is 31.2 Å². The summed E-state index contributed by atoms with van der Waals surface area (Å²) in [7, 11) is -2.85. The number of nitrogens with one attached hydrogen (secondary N) is 1. The van der Waals surface area contributed by atoms with Crippen LogP contribution in [0.1, 0.15) is 26.3 Å². The van der Waals surface area contributed by atoms with E-state index in [-0.39, 0.29) is 35.5 Å². The maximum absolute atomic E-state index is 14.0. The van der Waals surface area contributed by atoms with Crippen molar-refractivity contribution in [2.45, 2.75) is 44.3 Å². The molecular formula is C30H34FN3O7S. The Hall–Kier alpha value is -4.32. The van der Waals surface area contributed by atoms with Gasteiger partial charge in [0.2, 0.25) is 11.8 Å². The van der Waals surface area contributed by atoms with Crippen LogP contribution in [0.15, 0.2) is 71.6 Å². The van der Waals surface area contributed by atoms with E-state index >= 15 is 0 Å². The average molecular weight is 600 g/mol. The molecule has 1 aliphatic heterocycles. The number of anilines is 1. The Kier molecular flexibility index (Phi) is 9.56. The van der Waals surface area contributed by atoms with Gasteiger partial charge < -0.3 is 24.4 Å². The number of amides is 2. The van der Waals surface area contributed by atoms with E-state index in [0.29, 0.717) is 23.7 Å². The molecule has 2 amide bonds. The Labute approximate surface area is 245 Å². The maximum atomic E-state index is 14.0.